The summed E-state index contributed by atoms with van der Waals surface area (Å²) < 4.78 is 4.52. The molecule has 0 saturated heterocycles. The van der Waals surface area contributed by atoms with E-state index < -0.39 is 16.8 Å². The molecule has 1 aromatic heterocycles. The molecule has 1 heterocycles. The number of hydrogen-bond donors (Lipinski definition) is 0. The molecular weight excluding hydrogens is 302 g/mol. The first kappa shape index (κ1) is 16.8. The van der Waals surface area contributed by atoms with Crippen LogP contribution in [0.1, 0.15) is 24.2 Å². The van der Waals surface area contributed by atoms with Crippen molar-refractivity contribution in [3.8, 4) is 0 Å². The molecule has 0 fully saturated rings. The fourth-order valence-corrected chi connectivity index (χ4v) is 1.72. The van der Waals surface area contributed by atoms with Crippen molar-refractivity contribution in [3.05, 3.63) is 33.1 Å². The first-order valence-corrected chi connectivity index (χ1v) is 6.33. The van der Waals surface area contributed by atoms with Gasteiger partial charge in [0.15, 0.2) is 0 Å². The summed E-state index contributed by atoms with van der Waals surface area (Å²) in [6, 6.07) is 0.705. The number of aromatic nitrogens is 1. The predicted molar refractivity (Wildman–Crippen MR) is 74.1 cm³/mol. The van der Waals surface area contributed by atoms with Crippen molar-refractivity contribution >= 4 is 29.2 Å². The number of amides is 1. The van der Waals surface area contributed by atoms with Crippen molar-refractivity contribution in [1.29, 1.82) is 0 Å². The van der Waals surface area contributed by atoms with Crippen LogP contribution in [0, 0.1) is 10.1 Å². The third kappa shape index (κ3) is 4.12. The third-order valence-corrected chi connectivity index (χ3v) is 2.98. The smallest absolute Gasteiger partial charge is 0.325 e. The molecular formula is C12H14ClN3O5. The number of hydrogen-bond acceptors (Lipinski definition) is 6. The normalized spacial score (nSPS) is 10.3. The quantitative estimate of drug-likeness (QED) is 0.354. The van der Waals surface area contributed by atoms with Crippen LogP contribution in [0.3, 0.4) is 0 Å². The van der Waals surface area contributed by atoms with E-state index in [1.807, 2.05) is 0 Å². The minimum Gasteiger partial charge on any atom is -0.468 e. The third-order valence-electron chi connectivity index (χ3n) is 2.68. The van der Waals surface area contributed by atoms with Crippen molar-refractivity contribution in [2.45, 2.75) is 19.9 Å². The largest absolute Gasteiger partial charge is 0.468 e. The molecule has 1 aromatic rings. The predicted octanol–water partition coefficient (Wildman–Crippen LogP) is 1.67. The van der Waals surface area contributed by atoms with E-state index in [1.165, 1.54) is 12.0 Å². The average molecular weight is 316 g/mol. The first-order valence-electron chi connectivity index (χ1n) is 5.95. The first-order chi connectivity index (χ1) is 9.77. The molecule has 0 spiro atoms. The second kappa shape index (κ2) is 6.98. The summed E-state index contributed by atoms with van der Waals surface area (Å²) in [5.41, 5.74) is -0.493. The number of methoxy groups -OCH3 is 1. The number of ether oxygens (including phenoxy) is 1. The van der Waals surface area contributed by atoms with Crippen LogP contribution in [0.15, 0.2) is 12.3 Å². The minimum absolute atomic E-state index is 0.136. The monoisotopic (exact) mass is 315 g/mol. The maximum Gasteiger partial charge on any atom is 0.325 e. The molecule has 8 nitrogen and oxygen atoms in total. The van der Waals surface area contributed by atoms with E-state index in [4.69, 9.17) is 11.6 Å². The summed E-state index contributed by atoms with van der Waals surface area (Å²) in [5, 5.41) is 10.6. The van der Waals surface area contributed by atoms with Crippen LogP contribution in [0.25, 0.3) is 0 Å². The Morgan fingerprint density at radius 1 is 1.52 bits per heavy atom. The van der Waals surface area contributed by atoms with Gasteiger partial charge in [0, 0.05) is 12.1 Å². The molecule has 0 N–H and O–H groups in total. The summed E-state index contributed by atoms with van der Waals surface area (Å²) in [5.74, 6) is -1.23. The summed E-state index contributed by atoms with van der Waals surface area (Å²) >= 11 is 5.82. The topological polar surface area (TPSA) is 103 Å². The number of pyridine rings is 1. The molecule has 0 radical (unpaired) electrons. The van der Waals surface area contributed by atoms with Crippen molar-refractivity contribution in [2.24, 2.45) is 0 Å². The highest BCUT2D eigenvalue weighted by atomic mass is 35.5. The molecule has 0 atom stereocenters. The number of carbonyl (C=O) groups is 2. The molecule has 0 saturated carbocycles. The molecule has 1 rings (SSSR count). The Morgan fingerprint density at radius 2 is 2.14 bits per heavy atom. The SMILES string of the molecule is COC(=O)CN(C(=O)c1cc([N+](=O)[O-])cnc1Cl)C(C)C. The molecule has 0 aliphatic heterocycles. The lowest BCUT2D eigenvalue weighted by molar-refractivity contribution is -0.385. The zero-order chi connectivity index (χ0) is 16.2. The molecule has 9 heteroatoms. The summed E-state index contributed by atoms with van der Waals surface area (Å²) in [6.07, 6.45) is 0.957. The van der Waals surface area contributed by atoms with E-state index in [-0.39, 0.29) is 29.0 Å². The van der Waals surface area contributed by atoms with Gasteiger partial charge in [-0.15, -0.1) is 0 Å². The number of esters is 1. The minimum atomic E-state index is -0.680. The Morgan fingerprint density at radius 3 is 2.62 bits per heavy atom. The van der Waals surface area contributed by atoms with Gasteiger partial charge >= 0.3 is 5.97 Å². The molecule has 0 aromatic carbocycles. The average Bonchev–Trinajstić information content (AvgIpc) is 2.43. The van der Waals surface area contributed by atoms with Gasteiger partial charge in [0.25, 0.3) is 11.6 Å². The van der Waals surface area contributed by atoms with Crippen LogP contribution in [0.5, 0.6) is 0 Å². The van der Waals surface area contributed by atoms with E-state index in [1.54, 1.807) is 13.8 Å². The number of carbonyl (C=O) groups excluding carboxylic acids is 2. The van der Waals surface area contributed by atoms with E-state index in [0.29, 0.717) is 0 Å². The molecule has 21 heavy (non-hydrogen) atoms. The highest BCUT2D eigenvalue weighted by Crippen LogP contribution is 2.21. The Kier molecular flexibility index (Phi) is 5.60. The Labute approximate surface area is 125 Å². The van der Waals surface area contributed by atoms with E-state index in [2.05, 4.69) is 9.72 Å². The van der Waals surface area contributed by atoms with Gasteiger partial charge in [-0.05, 0) is 13.8 Å². The van der Waals surface area contributed by atoms with Crippen LogP contribution in [-0.2, 0) is 9.53 Å². The van der Waals surface area contributed by atoms with Crippen molar-refractivity contribution in [1.82, 2.24) is 9.88 Å². The Bertz CT molecular complexity index is 576. The zero-order valence-electron chi connectivity index (χ0n) is 11.7. The van der Waals surface area contributed by atoms with Gasteiger partial charge in [-0.25, -0.2) is 4.98 Å². The van der Waals surface area contributed by atoms with Crippen LogP contribution in [0.2, 0.25) is 5.15 Å². The van der Waals surface area contributed by atoms with Crippen LogP contribution in [0.4, 0.5) is 5.69 Å². The van der Waals surface area contributed by atoms with Crippen molar-refractivity contribution < 1.29 is 19.2 Å². The van der Waals surface area contributed by atoms with Crippen LogP contribution in [-0.4, -0.2) is 46.4 Å². The highest BCUT2D eigenvalue weighted by Gasteiger charge is 2.26. The summed E-state index contributed by atoms with van der Waals surface area (Å²) in [6.45, 7) is 3.10. The Balaban J connectivity index is 3.17. The van der Waals surface area contributed by atoms with Crippen molar-refractivity contribution in [3.63, 3.8) is 0 Å². The van der Waals surface area contributed by atoms with E-state index >= 15 is 0 Å². The molecule has 0 bridgehead atoms. The number of nitro groups is 1. The summed E-state index contributed by atoms with van der Waals surface area (Å²) in [7, 11) is 1.20. The lowest BCUT2D eigenvalue weighted by Gasteiger charge is -2.25. The van der Waals surface area contributed by atoms with Crippen LogP contribution >= 0.6 is 11.6 Å². The molecule has 0 unspecified atom stereocenters. The lowest BCUT2D eigenvalue weighted by atomic mass is 10.2. The second-order valence-electron chi connectivity index (χ2n) is 4.39. The van der Waals surface area contributed by atoms with Gasteiger partial charge in [0.1, 0.15) is 17.9 Å². The van der Waals surface area contributed by atoms with Gasteiger partial charge in [-0.3, -0.25) is 19.7 Å². The van der Waals surface area contributed by atoms with Gasteiger partial charge in [0.05, 0.1) is 17.6 Å². The number of rotatable bonds is 5. The lowest BCUT2D eigenvalue weighted by Crippen LogP contribution is -2.41. The highest BCUT2D eigenvalue weighted by molar-refractivity contribution is 6.32. The zero-order valence-corrected chi connectivity index (χ0v) is 12.5. The van der Waals surface area contributed by atoms with E-state index in [9.17, 15) is 19.7 Å². The number of halogens is 1. The second-order valence-corrected chi connectivity index (χ2v) is 4.75. The van der Waals surface area contributed by atoms with Gasteiger partial charge in [-0.2, -0.15) is 0 Å². The van der Waals surface area contributed by atoms with E-state index in [0.717, 1.165) is 12.3 Å². The summed E-state index contributed by atoms with van der Waals surface area (Å²) in [4.78, 5) is 38.6. The van der Waals surface area contributed by atoms with Gasteiger partial charge in [0.2, 0.25) is 0 Å². The number of nitrogens with zero attached hydrogens (tertiary/aromatic N) is 3. The molecule has 0 aliphatic carbocycles. The maximum atomic E-state index is 12.4. The van der Waals surface area contributed by atoms with Gasteiger partial charge < -0.3 is 9.64 Å². The molecule has 1 amide bonds. The van der Waals surface area contributed by atoms with Gasteiger partial charge in [-0.1, -0.05) is 11.6 Å². The van der Waals surface area contributed by atoms with Crippen molar-refractivity contribution in [2.75, 3.05) is 13.7 Å². The fourth-order valence-electron chi connectivity index (χ4n) is 1.53. The molecule has 0 aliphatic rings. The fraction of sp³-hybridized carbons (Fsp3) is 0.417. The van der Waals surface area contributed by atoms with Crippen LogP contribution < -0.4 is 0 Å². The standard InChI is InChI=1S/C12H14ClN3O5/c1-7(2)15(6-10(17)21-3)12(18)9-4-8(16(19)20)5-14-11(9)13/h4-5,7H,6H2,1-3H3. The Hall–Kier alpha value is -2.22. The molecule has 114 valence electrons. The maximum absolute atomic E-state index is 12.4.